The van der Waals surface area contributed by atoms with Crippen LogP contribution in [0.25, 0.3) is 0 Å². The van der Waals surface area contributed by atoms with E-state index in [1.54, 1.807) is 12.1 Å². The van der Waals surface area contributed by atoms with Crippen molar-refractivity contribution in [2.75, 3.05) is 18.1 Å². The van der Waals surface area contributed by atoms with Crippen molar-refractivity contribution in [3.8, 4) is 0 Å². The molecule has 1 atom stereocenters. The Labute approximate surface area is 129 Å². The van der Waals surface area contributed by atoms with Gasteiger partial charge < -0.3 is 5.11 Å². The quantitative estimate of drug-likeness (QED) is 0.911. The smallest absolute Gasteiger partial charge is 0.322 e. The van der Waals surface area contributed by atoms with Crippen LogP contribution in [0.1, 0.15) is 0 Å². The van der Waals surface area contributed by atoms with Crippen LogP contribution >= 0.6 is 11.8 Å². The number of benzene rings is 1. The fraction of sp³-hybridized carbons (Fsp3) is 0.364. The predicted octanol–water partition coefficient (Wildman–Crippen LogP) is 1.60. The van der Waals surface area contributed by atoms with Gasteiger partial charge in [-0.15, -0.1) is 0 Å². The van der Waals surface area contributed by atoms with Crippen molar-refractivity contribution in [2.24, 2.45) is 8.73 Å². The fourth-order valence-corrected chi connectivity index (χ4v) is 5.77. The number of hydrogen-bond acceptors (Lipinski definition) is 6. The summed E-state index contributed by atoms with van der Waals surface area (Å²) in [5, 5.41) is 9.25. The van der Waals surface area contributed by atoms with Gasteiger partial charge in [-0.1, -0.05) is 6.07 Å². The first-order valence-corrected chi connectivity index (χ1v) is 9.38. The SMILES string of the molecule is O=C(O)C1CSCCN1S(=O)(=O)c1cccc2c1N=S=N2. The van der Waals surface area contributed by atoms with E-state index in [4.69, 9.17) is 0 Å². The van der Waals surface area contributed by atoms with Gasteiger partial charge in [0.15, 0.2) is 0 Å². The van der Waals surface area contributed by atoms with E-state index in [9.17, 15) is 18.3 Å². The highest BCUT2D eigenvalue weighted by Gasteiger charge is 2.39. The molecular formula is C11H11N3O4S3. The van der Waals surface area contributed by atoms with Crippen LogP contribution in [0.15, 0.2) is 31.8 Å². The molecule has 3 rings (SSSR count). The molecule has 1 saturated heterocycles. The number of carbonyl (C=O) groups is 1. The van der Waals surface area contributed by atoms with Gasteiger partial charge in [-0.3, -0.25) is 4.79 Å². The topological polar surface area (TPSA) is 99.4 Å². The van der Waals surface area contributed by atoms with Crippen LogP contribution in [0.4, 0.5) is 11.4 Å². The molecule has 0 saturated carbocycles. The molecule has 0 amide bonds. The van der Waals surface area contributed by atoms with Crippen LogP contribution in [0.2, 0.25) is 0 Å². The second-order valence-corrected chi connectivity index (χ2v) is 7.97. The van der Waals surface area contributed by atoms with Gasteiger partial charge in [0, 0.05) is 18.1 Å². The van der Waals surface area contributed by atoms with Crippen molar-refractivity contribution >= 4 is 50.5 Å². The van der Waals surface area contributed by atoms with E-state index in [2.05, 4.69) is 8.73 Å². The molecule has 0 bridgehead atoms. The number of fused-ring (bicyclic) bond motifs is 1. The summed E-state index contributed by atoms with van der Waals surface area (Å²) in [5.41, 5.74) is 0.796. The molecule has 0 aliphatic carbocycles. The number of hydrogen-bond donors (Lipinski definition) is 1. The maximum Gasteiger partial charge on any atom is 0.322 e. The maximum absolute atomic E-state index is 12.8. The average Bonchev–Trinajstić information content (AvgIpc) is 2.95. The number of rotatable bonds is 3. The normalized spacial score (nSPS) is 21.8. The van der Waals surface area contributed by atoms with Crippen LogP contribution in [0, 0.1) is 0 Å². The van der Waals surface area contributed by atoms with Gasteiger partial charge in [-0.2, -0.15) is 24.8 Å². The molecule has 112 valence electrons. The Balaban J connectivity index is 2.07. The first kappa shape index (κ1) is 14.7. The number of carboxylic acids is 1. The molecule has 0 spiro atoms. The van der Waals surface area contributed by atoms with Crippen molar-refractivity contribution in [3.63, 3.8) is 0 Å². The zero-order valence-corrected chi connectivity index (χ0v) is 13.1. The zero-order valence-electron chi connectivity index (χ0n) is 10.7. The molecule has 1 fully saturated rings. The molecule has 10 heteroatoms. The van der Waals surface area contributed by atoms with Crippen molar-refractivity contribution in [3.05, 3.63) is 18.2 Å². The average molecular weight is 345 g/mol. The lowest BCUT2D eigenvalue weighted by molar-refractivity contribution is -0.140. The number of nitrogens with zero attached hydrogens (tertiary/aromatic N) is 3. The summed E-state index contributed by atoms with van der Waals surface area (Å²) in [5.74, 6) is -0.303. The molecule has 1 aromatic rings. The minimum Gasteiger partial charge on any atom is -0.480 e. The molecule has 0 aromatic heterocycles. The van der Waals surface area contributed by atoms with Crippen LogP contribution in [0.3, 0.4) is 0 Å². The molecule has 1 aromatic carbocycles. The summed E-state index contributed by atoms with van der Waals surface area (Å²) >= 11 is 2.37. The van der Waals surface area contributed by atoms with E-state index in [0.29, 0.717) is 17.1 Å². The highest BCUT2D eigenvalue weighted by molar-refractivity contribution is 7.99. The summed E-state index contributed by atoms with van der Waals surface area (Å²) in [6, 6.07) is 3.67. The van der Waals surface area contributed by atoms with Crippen LogP contribution < -0.4 is 0 Å². The third-order valence-electron chi connectivity index (χ3n) is 3.20. The van der Waals surface area contributed by atoms with Crippen LogP contribution in [0.5, 0.6) is 0 Å². The lowest BCUT2D eigenvalue weighted by Gasteiger charge is -2.31. The Morgan fingerprint density at radius 2 is 2.19 bits per heavy atom. The first-order chi connectivity index (χ1) is 10.0. The standard InChI is InChI=1S/C11H11N3O4S3/c15-11(16)8-6-19-5-4-14(8)21(17,18)9-3-1-2-7-10(9)13-20-12-7/h1-3,8H,4-6H2,(H,15,16). The monoisotopic (exact) mass is 345 g/mol. The number of sulfonamides is 1. The molecule has 21 heavy (non-hydrogen) atoms. The van der Waals surface area contributed by atoms with Crippen molar-refractivity contribution in [1.82, 2.24) is 4.31 Å². The molecule has 2 aliphatic rings. The van der Waals surface area contributed by atoms with E-state index in [1.807, 2.05) is 0 Å². The molecule has 1 unspecified atom stereocenters. The van der Waals surface area contributed by atoms with Gasteiger partial charge in [0.05, 0.1) is 11.4 Å². The zero-order chi connectivity index (χ0) is 15.0. The van der Waals surface area contributed by atoms with E-state index in [1.165, 1.54) is 17.8 Å². The van der Waals surface area contributed by atoms with Crippen molar-refractivity contribution < 1.29 is 18.3 Å². The number of carboxylic acid groups (broad SMARTS) is 1. The third-order valence-corrected chi connectivity index (χ3v) is 6.71. The summed E-state index contributed by atoms with van der Waals surface area (Å²) in [6.07, 6.45) is 0. The van der Waals surface area contributed by atoms with Crippen molar-refractivity contribution in [1.29, 1.82) is 0 Å². The Morgan fingerprint density at radius 3 is 2.95 bits per heavy atom. The molecular weight excluding hydrogens is 334 g/mol. The van der Waals surface area contributed by atoms with Crippen molar-refractivity contribution in [2.45, 2.75) is 10.9 Å². The van der Waals surface area contributed by atoms with Crippen LogP contribution in [-0.2, 0) is 26.2 Å². The largest absolute Gasteiger partial charge is 0.480 e. The molecule has 2 aliphatic heterocycles. The maximum atomic E-state index is 12.8. The summed E-state index contributed by atoms with van der Waals surface area (Å²) in [6.45, 7) is 0.178. The van der Waals surface area contributed by atoms with Gasteiger partial charge >= 0.3 is 5.97 Å². The van der Waals surface area contributed by atoms with Gasteiger partial charge in [0.25, 0.3) is 0 Å². The van der Waals surface area contributed by atoms with E-state index in [-0.39, 0.29) is 17.2 Å². The highest BCUT2D eigenvalue weighted by Crippen LogP contribution is 2.39. The minimum absolute atomic E-state index is 0.0203. The Kier molecular flexibility index (Phi) is 3.86. The van der Waals surface area contributed by atoms with Crippen LogP contribution in [-0.4, -0.2) is 47.9 Å². The lowest BCUT2D eigenvalue weighted by Crippen LogP contribution is -2.50. The van der Waals surface area contributed by atoms with E-state index < -0.39 is 22.0 Å². The summed E-state index contributed by atoms with van der Waals surface area (Å²) < 4.78 is 34.7. The van der Waals surface area contributed by atoms with Gasteiger partial charge in [0.1, 0.15) is 22.3 Å². The molecule has 1 N–H and O–H groups in total. The molecule has 0 radical (unpaired) electrons. The van der Waals surface area contributed by atoms with E-state index in [0.717, 1.165) is 15.7 Å². The third kappa shape index (κ3) is 2.52. The number of thioether (sulfide) groups is 1. The Bertz CT molecular complexity index is 771. The molecule has 2 heterocycles. The van der Waals surface area contributed by atoms with E-state index >= 15 is 0 Å². The van der Waals surface area contributed by atoms with Gasteiger partial charge in [0.2, 0.25) is 10.0 Å². The second-order valence-electron chi connectivity index (χ2n) is 4.43. The summed E-state index contributed by atoms with van der Waals surface area (Å²) in [4.78, 5) is 11.3. The lowest BCUT2D eigenvalue weighted by atomic mass is 10.3. The Morgan fingerprint density at radius 1 is 1.38 bits per heavy atom. The van der Waals surface area contributed by atoms with Gasteiger partial charge in [-0.25, -0.2) is 8.42 Å². The minimum atomic E-state index is -3.91. The predicted molar refractivity (Wildman–Crippen MR) is 80.6 cm³/mol. The second kappa shape index (κ2) is 5.52. The molecule has 7 nitrogen and oxygen atoms in total. The summed E-state index contributed by atoms with van der Waals surface area (Å²) in [7, 11) is -3.91. The fourth-order valence-electron chi connectivity index (χ4n) is 2.19. The first-order valence-electron chi connectivity index (χ1n) is 6.05. The highest BCUT2D eigenvalue weighted by atomic mass is 32.2. The van der Waals surface area contributed by atoms with Gasteiger partial charge in [-0.05, 0) is 12.1 Å². The Hall–Kier alpha value is -1.23. The number of aliphatic carboxylic acids is 1.